The molecule has 2 heterocycles. The molecule has 168 valence electrons. The number of carbonyl (C=O) groups is 1. The van der Waals surface area contributed by atoms with E-state index >= 15 is 0 Å². The van der Waals surface area contributed by atoms with Gasteiger partial charge in [-0.05, 0) is 63.9 Å². The second-order valence-electron chi connectivity index (χ2n) is 8.82. The van der Waals surface area contributed by atoms with Crippen LogP contribution in [0, 0.1) is 12.8 Å². The molecule has 5 heteroatoms. The number of carbonyl (C=O) groups excluding carboxylic acids is 1. The lowest BCUT2D eigenvalue weighted by Gasteiger charge is -2.30. The fourth-order valence-corrected chi connectivity index (χ4v) is 4.20. The molecule has 1 saturated heterocycles. The second-order valence-corrected chi connectivity index (χ2v) is 8.82. The smallest absolute Gasteiger partial charge is 0.251 e. The predicted octanol–water partition coefficient (Wildman–Crippen LogP) is 5.07. The van der Waals surface area contributed by atoms with Crippen molar-refractivity contribution in [1.82, 2.24) is 15.2 Å². The number of piperidine rings is 1. The molecule has 0 atom stereocenters. The number of fused-ring (bicyclic) bond motifs is 1. The van der Waals surface area contributed by atoms with E-state index in [1.165, 1.54) is 18.4 Å². The van der Waals surface area contributed by atoms with Gasteiger partial charge in [0.1, 0.15) is 5.75 Å². The van der Waals surface area contributed by atoms with E-state index < -0.39 is 0 Å². The number of nitrogens with one attached hydrogen (secondary N) is 1. The van der Waals surface area contributed by atoms with E-state index in [2.05, 4.69) is 48.3 Å². The van der Waals surface area contributed by atoms with Gasteiger partial charge in [0.05, 0.1) is 17.8 Å². The number of hydrogen-bond acceptors (Lipinski definition) is 4. The first-order chi connectivity index (χ1) is 15.5. The first kappa shape index (κ1) is 22.3. The molecule has 3 aromatic rings. The topological polar surface area (TPSA) is 54.5 Å². The molecule has 0 aliphatic carbocycles. The third kappa shape index (κ3) is 5.28. The van der Waals surface area contributed by atoms with Crippen LogP contribution in [0.3, 0.4) is 0 Å². The largest absolute Gasteiger partial charge is 0.493 e. The fraction of sp³-hybridized carbons (Fsp3) is 0.407. The summed E-state index contributed by atoms with van der Waals surface area (Å²) in [7, 11) is 0. The van der Waals surface area contributed by atoms with Crippen molar-refractivity contribution in [2.24, 2.45) is 5.92 Å². The molecular formula is C27H33N3O2. The highest BCUT2D eigenvalue weighted by Gasteiger charge is 2.16. The van der Waals surface area contributed by atoms with Gasteiger partial charge in [-0.3, -0.25) is 4.79 Å². The summed E-state index contributed by atoms with van der Waals surface area (Å²) >= 11 is 0. The van der Waals surface area contributed by atoms with Crippen LogP contribution >= 0.6 is 0 Å². The van der Waals surface area contributed by atoms with Gasteiger partial charge in [-0.1, -0.05) is 36.8 Å². The average Bonchev–Trinajstić information content (AvgIpc) is 2.80. The summed E-state index contributed by atoms with van der Waals surface area (Å²) < 4.78 is 5.93. The third-order valence-electron chi connectivity index (χ3n) is 6.27. The number of likely N-dealkylation sites (tertiary alicyclic amines) is 1. The number of aromatic nitrogens is 1. The summed E-state index contributed by atoms with van der Waals surface area (Å²) in [5, 5.41) is 3.94. The number of rotatable bonds is 7. The second kappa shape index (κ2) is 10.1. The fourth-order valence-electron chi connectivity index (χ4n) is 4.20. The maximum absolute atomic E-state index is 12.8. The van der Waals surface area contributed by atoms with Crippen molar-refractivity contribution in [3.63, 3.8) is 0 Å². The van der Waals surface area contributed by atoms with Gasteiger partial charge in [-0.25, -0.2) is 4.98 Å². The van der Waals surface area contributed by atoms with E-state index in [-0.39, 0.29) is 5.91 Å². The third-order valence-corrected chi connectivity index (χ3v) is 6.27. The van der Waals surface area contributed by atoms with Crippen molar-refractivity contribution >= 4 is 16.8 Å². The molecule has 32 heavy (non-hydrogen) atoms. The highest BCUT2D eigenvalue weighted by molar-refractivity contribution is 5.99. The summed E-state index contributed by atoms with van der Waals surface area (Å²) in [5.74, 6) is 1.52. The minimum atomic E-state index is -0.0534. The Hall–Kier alpha value is -2.92. The molecule has 1 N–H and O–H groups in total. The Kier molecular flexibility index (Phi) is 7.05. The van der Waals surface area contributed by atoms with Crippen molar-refractivity contribution in [2.45, 2.75) is 33.6 Å². The number of amides is 1. The van der Waals surface area contributed by atoms with Crippen molar-refractivity contribution < 1.29 is 9.53 Å². The number of nitrogens with zero attached hydrogens (tertiary/aromatic N) is 2. The molecule has 0 unspecified atom stereocenters. The van der Waals surface area contributed by atoms with Gasteiger partial charge < -0.3 is 15.0 Å². The van der Waals surface area contributed by atoms with Crippen molar-refractivity contribution in [2.75, 3.05) is 32.8 Å². The van der Waals surface area contributed by atoms with E-state index in [1.54, 1.807) is 0 Å². The molecule has 1 fully saturated rings. The minimum Gasteiger partial charge on any atom is -0.493 e. The van der Waals surface area contributed by atoms with Gasteiger partial charge in [0.2, 0.25) is 0 Å². The molecule has 4 rings (SSSR count). The molecule has 1 aromatic heterocycles. The Morgan fingerprint density at radius 1 is 1.12 bits per heavy atom. The number of ether oxygens (including phenoxy) is 1. The summed E-state index contributed by atoms with van der Waals surface area (Å²) in [6.45, 7) is 10.7. The molecule has 0 bridgehead atoms. The van der Waals surface area contributed by atoms with Crippen LogP contribution in [0.25, 0.3) is 22.2 Å². The number of pyridine rings is 1. The quantitative estimate of drug-likeness (QED) is 0.567. The lowest BCUT2D eigenvalue weighted by Crippen LogP contribution is -2.39. The van der Waals surface area contributed by atoms with Crippen molar-refractivity contribution in [1.29, 1.82) is 0 Å². The maximum Gasteiger partial charge on any atom is 0.251 e. The highest BCUT2D eigenvalue weighted by atomic mass is 16.5. The van der Waals surface area contributed by atoms with E-state index in [1.807, 2.05) is 31.2 Å². The van der Waals surface area contributed by atoms with Gasteiger partial charge in [-0.2, -0.15) is 0 Å². The first-order valence-corrected chi connectivity index (χ1v) is 11.7. The van der Waals surface area contributed by atoms with Crippen LogP contribution in [0.15, 0.2) is 48.5 Å². The normalized spacial score (nSPS) is 15.1. The van der Waals surface area contributed by atoms with Gasteiger partial charge in [-0.15, -0.1) is 0 Å². The molecule has 5 nitrogen and oxygen atoms in total. The Labute approximate surface area is 190 Å². The van der Waals surface area contributed by atoms with Crippen LogP contribution in [-0.2, 0) is 0 Å². The zero-order valence-corrected chi connectivity index (χ0v) is 19.4. The first-order valence-electron chi connectivity index (χ1n) is 11.7. The molecule has 2 aromatic carbocycles. The van der Waals surface area contributed by atoms with Crippen LogP contribution in [0.4, 0.5) is 0 Å². The average molecular weight is 432 g/mol. The zero-order chi connectivity index (χ0) is 22.5. The Morgan fingerprint density at radius 3 is 2.59 bits per heavy atom. The molecule has 0 spiro atoms. The number of hydrogen-bond donors (Lipinski definition) is 1. The SMILES string of the molecule is CCOc1cc(-c2ccc(C)cc2)nc2ccc(C(=O)NCCN3CCC(C)CC3)cc12. The molecule has 0 saturated carbocycles. The summed E-state index contributed by atoms with van der Waals surface area (Å²) in [6, 6.07) is 15.9. The van der Waals surface area contributed by atoms with Gasteiger partial charge in [0.15, 0.2) is 0 Å². The van der Waals surface area contributed by atoms with E-state index in [4.69, 9.17) is 9.72 Å². The van der Waals surface area contributed by atoms with Crippen LogP contribution < -0.4 is 10.1 Å². The summed E-state index contributed by atoms with van der Waals surface area (Å²) in [6.07, 6.45) is 2.49. The van der Waals surface area contributed by atoms with Crippen molar-refractivity contribution in [3.8, 4) is 17.0 Å². The van der Waals surface area contributed by atoms with Crippen LogP contribution in [-0.4, -0.2) is 48.6 Å². The predicted molar refractivity (Wildman–Crippen MR) is 130 cm³/mol. The van der Waals surface area contributed by atoms with Gasteiger partial charge >= 0.3 is 0 Å². The minimum absolute atomic E-state index is 0.0534. The molecule has 1 amide bonds. The van der Waals surface area contributed by atoms with Crippen LogP contribution in [0.2, 0.25) is 0 Å². The van der Waals surface area contributed by atoms with E-state index in [0.717, 1.165) is 53.5 Å². The van der Waals surface area contributed by atoms with Crippen molar-refractivity contribution in [3.05, 3.63) is 59.7 Å². The Morgan fingerprint density at radius 2 is 1.88 bits per heavy atom. The number of benzene rings is 2. The van der Waals surface area contributed by atoms with E-state index in [0.29, 0.717) is 18.7 Å². The summed E-state index contributed by atoms with van der Waals surface area (Å²) in [4.78, 5) is 20.0. The zero-order valence-electron chi connectivity index (χ0n) is 19.4. The van der Waals surface area contributed by atoms with E-state index in [9.17, 15) is 4.79 Å². The summed E-state index contributed by atoms with van der Waals surface area (Å²) in [5.41, 5.74) is 4.59. The number of aryl methyl sites for hydroxylation is 1. The van der Waals surface area contributed by atoms with Gasteiger partial charge in [0, 0.05) is 35.7 Å². The van der Waals surface area contributed by atoms with Crippen LogP contribution in [0.1, 0.15) is 42.6 Å². The Bertz CT molecular complexity index is 1070. The Balaban J connectivity index is 1.50. The molecule has 1 aliphatic rings. The standard InChI is InChI=1S/C27H33N3O2/c1-4-32-26-18-25(21-7-5-19(2)6-8-21)29-24-10-9-22(17-23(24)26)27(31)28-13-16-30-14-11-20(3)12-15-30/h5-10,17-18,20H,4,11-16H2,1-3H3,(H,28,31). The monoisotopic (exact) mass is 431 g/mol. The lowest BCUT2D eigenvalue weighted by atomic mass is 9.99. The maximum atomic E-state index is 12.8. The molecular weight excluding hydrogens is 398 g/mol. The van der Waals surface area contributed by atoms with Crippen LogP contribution in [0.5, 0.6) is 5.75 Å². The highest BCUT2D eigenvalue weighted by Crippen LogP contribution is 2.31. The lowest BCUT2D eigenvalue weighted by molar-refractivity contribution is 0.0944. The molecule has 0 radical (unpaired) electrons. The van der Waals surface area contributed by atoms with Gasteiger partial charge in [0.25, 0.3) is 5.91 Å². The molecule has 1 aliphatic heterocycles.